The molecule has 0 amide bonds. The Morgan fingerprint density at radius 1 is 0.800 bits per heavy atom. The minimum Gasteiger partial charge on any atom is -0.236 e. The quantitative estimate of drug-likeness (QED) is 0.262. The molecule has 6 rings (SSSR count). The normalized spacial score (nSPS) is 12.0. The molecule has 3 aromatic heterocycles. The van der Waals surface area contributed by atoms with Crippen molar-refractivity contribution in [2.45, 2.75) is 20.8 Å². The second-order valence-electron chi connectivity index (χ2n) is 8.35. The molecule has 0 unspecified atom stereocenters. The fourth-order valence-corrected chi connectivity index (χ4v) is 5.91. The van der Waals surface area contributed by atoms with Crippen LogP contribution in [0.15, 0.2) is 66.9 Å². The van der Waals surface area contributed by atoms with Gasteiger partial charge in [0.15, 0.2) is 0 Å². The second kappa shape index (κ2) is 6.16. The van der Waals surface area contributed by atoms with Crippen LogP contribution in [0.4, 0.5) is 0 Å². The number of aryl methyl sites for hydroxylation is 4. The highest BCUT2D eigenvalue weighted by Crippen LogP contribution is 2.40. The van der Waals surface area contributed by atoms with Gasteiger partial charge in [-0.3, -0.25) is 0 Å². The molecule has 0 radical (unpaired) electrons. The predicted octanol–water partition coefficient (Wildman–Crippen LogP) is 6.90. The van der Waals surface area contributed by atoms with Crippen molar-refractivity contribution in [3.05, 3.63) is 83.6 Å². The van der Waals surface area contributed by atoms with Crippen molar-refractivity contribution in [2.75, 3.05) is 0 Å². The summed E-state index contributed by atoms with van der Waals surface area (Å²) in [6.07, 6.45) is 2.20. The maximum Gasteiger partial charge on any atom is 0.296 e. The van der Waals surface area contributed by atoms with Gasteiger partial charge in [0, 0.05) is 25.6 Å². The van der Waals surface area contributed by atoms with Crippen LogP contribution < -0.4 is 4.57 Å². The van der Waals surface area contributed by atoms with E-state index in [1.54, 1.807) is 0 Å². The fourth-order valence-electron chi connectivity index (χ4n) is 4.82. The lowest BCUT2D eigenvalue weighted by Crippen LogP contribution is -2.33. The topological polar surface area (TPSA) is 8.81 Å². The average molecular weight is 408 g/mol. The van der Waals surface area contributed by atoms with Gasteiger partial charge in [-0.2, -0.15) is 4.57 Å². The van der Waals surface area contributed by atoms with Crippen LogP contribution in [0.1, 0.15) is 16.7 Å². The number of hydrogen-bond donors (Lipinski definition) is 0. The number of thiophene rings is 1. The molecule has 0 aliphatic carbocycles. The lowest BCUT2D eigenvalue weighted by molar-refractivity contribution is -0.664. The first-order valence-corrected chi connectivity index (χ1v) is 11.2. The maximum absolute atomic E-state index is 2.49. The molecule has 0 atom stereocenters. The van der Waals surface area contributed by atoms with Gasteiger partial charge < -0.3 is 0 Å². The zero-order valence-electron chi connectivity index (χ0n) is 17.7. The fraction of sp³-hybridized carbons (Fsp3) is 0.148. The van der Waals surface area contributed by atoms with Crippen molar-refractivity contribution >= 4 is 53.3 Å². The molecule has 2 nitrogen and oxygen atoms in total. The third-order valence-corrected chi connectivity index (χ3v) is 7.59. The van der Waals surface area contributed by atoms with Gasteiger partial charge in [0.25, 0.3) is 5.82 Å². The number of rotatable bonds is 1. The second-order valence-corrected chi connectivity index (χ2v) is 9.43. The number of aromatic nitrogens is 2. The molecule has 3 heterocycles. The largest absolute Gasteiger partial charge is 0.296 e. The van der Waals surface area contributed by atoms with E-state index < -0.39 is 0 Å². The van der Waals surface area contributed by atoms with Crippen LogP contribution in [-0.4, -0.2) is 4.57 Å². The van der Waals surface area contributed by atoms with Crippen molar-refractivity contribution < 1.29 is 4.57 Å². The van der Waals surface area contributed by atoms with E-state index in [1.165, 1.54) is 64.5 Å². The van der Waals surface area contributed by atoms with Crippen molar-refractivity contribution in [1.82, 2.24) is 4.57 Å². The Morgan fingerprint density at radius 2 is 1.63 bits per heavy atom. The summed E-state index contributed by atoms with van der Waals surface area (Å²) in [5.74, 6) is 1.24. The zero-order valence-corrected chi connectivity index (χ0v) is 18.5. The van der Waals surface area contributed by atoms with Gasteiger partial charge in [-0.1, -0.05) is 35.9 Å². The summed E-state index contributed by atoms with van der Waals surface area (Å²) < 4.78 is 7.44. The summed E-state index contributed by atoms with van der Waals surface area (Å²) in [5, 5.41) is 5.31. The monoisotopic (exact) mass is 407 g/mol. The average Bonchev–Trinajstić information content (AvgIpc) is 3.27. The van der Waals surface area contributed by atoms with Crippen LogP contribution in [0.25, 0.3) is 47.8 Å². The number of benzene rings is 3. The highest BCUT2D eigenvalue weighted by molar-refractivity contribution is 7.25. The minimum atomic E-state index is 1.24. The Balaban J connectivity index is 1.92. The van der Waals surface area contributed by atoms with Crippen LogP contribution in [-0.2, 0) is 7.05 Å². The van der Waals surface area contributed by atoms with Crippen molar-refractivity contribution in [3.63, 3.8) is 0 Å². The molecule has 0 saturated carbocycles. The van der Waals surface area contributed by atoms with Crippen LogP contribution in [0.2, 0.25) is 0 Å². The first-order valence-electron chi connectivity index (χ1n) is 10.4. The SMILES string of the molecule is Cc1ccc2c(c1)c1ccc(C)c(C)c1n2-c1c2c(cc[n+]1C)sc1ccccc12. The molecule has 3 heteroatoms. The van der Waals surface area contributed by atoms with E-state index in [0.717, 1.165) is 0 Å². The maximum atomic E-state index is 2.49. The van der Waals surface area contributed by atoms with Gasteiger partial charge in [0.05, 0.1) is 18.6 Å². The van der Waals surface area contributed by atoms with Gasteiger partial charge in [-0.15, -0.1) is 11.3 Å². The summed E-state index contributed by atoms with van der Waals surface area (Å²) in [5.41, 5.74) is 6.55. The van der Waals surface area contributed by atoms with Gasteiger partial charge in [0.1, 0.15) is 11.0 Å². The van der Waals surface area contributed by atoms with Crippen LogP contribution in [0, 0.1) is 20.8 Å². The summed E-state index contributed by atoms with van der Waals surface area (Å²) in [6, 6.07) is 22.4. The van der Waals surface area contributed by atoms with E-state index in [2.05, 4.69) is 104 Å². The van der Waals surface area contributed by atoms with E-state index in [-0.39, 0.29) is 0 Å². The predicted molar refractivity (Wildman–Crippen MR) is 129 cm³/mol. The molecule has 0 spiro atoms. The Morgan fingerprint density at radius 3 is 2.50 bits per heavy atom. The molecule has 6 aromatic rings. The lowest BCUT2D eigenvalue weighted by atomic mass is 10.0. The third kappa shape index (κ3) is 2.27. The zero-order chi connectivity index (χ0) is 20.6. The van der Waals surface area contributed by atoms with Crippen LogP contribution >= 0.6 is 11.3 Å². The Kier molecular flexibility index (Phi) is 3.63. The summed E-state index contributed by atoms with van der Waals surface area (Å²) in [7, 11) is 2.16. The van der Waals surface area contributed by atoms with Crippen LogP contribution in [0.5, 0.6) is 0 Å². The molecule has 0 fully saturated rings. The van der Waals surface area contributed by atoms with E-state index in [1.807, 2.05) is 11.3 Å². The van der Waals surface area contributed by atoms with E-state index in [0.29, 0.717) is 0 Å². The highest BCUT2D eigenvalue weighted by atomic mass is 32.1. The molecule has 0 aliphatic heterocycles. The number of nitrogens with zero attached hydrogens (tertiary/aromatic N) is 2. The first kappa shape index (κ1) is 17.7. The first-order chi connectivity index (χ1) is 14.5. The summed E-state index contributed by atoms with van der Waals surface area (Å²) in [6.45, 7) is 6.64. The molecular formula is C27H23N2S+. The van der Waals surface area contributed by atoms with Gasteiger partial charge >= 0.3 is 0 Å². The van der Waals surface area contributed by atoms with Crippen LogP contribution in [0.3, 0.4) is 0 Å². The lowest BCUT2D eigenvalue weighted by Gasteiger charge is -2.08. The third-order valence-electron chi connectivity index (χ3n) is 6.45. The number of pyridine rings is 1. The van der Waals surface area contributed by atoms with Gasteiger partial charge in [-0.25, -0.2) is 4.57 Å². The Bertz CT molecular complexity index is 1630. The summed E-state index contributed by atoms with van der Waals surface area (Å²) in [4.78, 5) is 0. The molecule has 0 N–H and O–H groups in total. The number of hydrogen-bond acceptors (Lipinski definition) is 1. The highest BCUT2D eigenvalue weighted by Gasteiger charge is 2.26. The number of fused-ring (bicyclic) bond motifs is 6. The van der Waals surface area contributed by atoms with Gasteiger partial charge in [-0.05, 0) is 62.2 Å². The molecule has 0 saturated heterocycles. The minimum absolute atomic E-state index is 1.24. The molecular weight excluding hydrogens is 384 g/mol. The van der Waals surface area contributed by atoms with Crippen molar-refractivity contribution in [2.24, 2.45) is 7.05 Å². The smallest absolute Gasteiger partial charge is 0.236 e. The molecule has 3 aromatic carbocycles. The summed E-state index contributed by atoms with van der Waals surface area (Å²) >= 11 is 1.88. The molecule has 0 bridgehead atoms. The molecule has 146 valence electrons. The van der Waals surface area contributed by atoms with E-state index >= 15 is 0 Å². The van der Waals surface area contributed by atoms with E-state index in [9.17, 15) is 0 Å². The standard InChI is InChI=1S/C27H23N2S/c1-16-9-12-22-21(15-16)19-11-10-17(2)18(3)26(19)29(22)27-25-20-7-5-6-8-23(20)30-24(25)13-14-28(27)4/h5-15H,1-4H3/q+1. The van der Waals surface area contributed by atoms with Crippen molar-refractivity contribution in [3.8, 4) is 5.82 Å². The van der Waals surface area contributed by atoms with E-state index in [4.69, 9.17) is 0 Å². The molecule has 0 aliphatic rings. The Labute approximate surface area is 179 Å². The Hall–Kier alpha value is -3.17. The molecule has 30 heavy (non-hydrogen) atoms. The van der Waals surface area contributed by atoms with Gasteiger partial charge in [0.2, 0.25) is 0 Å². The van der Waals surface area contributed by atoms with Crippen molar-refractivity contribution in [1.29, 1.82) is 0 Å².